The van der Waals surface area contributed by atoms with Gasteiger partial charge in [-0.15, -0.1) is 0 Å². The van der Waals surface area contributed by atoms with Crippen molar-refractivity contribution in [3.8, 4) is 0 Å². The van der Waals surface area contributed by atoms with Gasteiger partial charge in [-0.25, -0.2) is 0 Å². The highest BCUT2D eigenvalue weighted by Crippen LogP contribution is 2.05. The lowest BCUT2D eigenvalue weighted by Crippen LogP contribution is -2.05. The second-order valence-corrected chi connectivity index (χ2v) is 4.35. The van der Waals surface area contributed by atoms with Crippen LogP contribution in [0.1, 0.15) is 36.6 Å². The first-order valence-corrected chi connectivity index (χ1v) is 6.24. The quantitative estimate of drug-likeness (QED) is 0.631. The van der Waals surface area contributed by atoms with E-state index in [1.807, 2.05) is 27.7 Å². The zero-order chi connectivity index (χ0) is 14.5. The minimum absolute atomic E-state index is 0.719. The van der Waals surface area contributed by atoms with Crippen LogP contribution in [0, 0.1) is 13.8 Å². The van der Waals surface area contributed by atoms with E-state index >= 15 is 0 Å². The first-order valence-electron chi connectivity index (χ1n) is 6.24. The van der Waals surface area contributed by atoms with E-state index in [4.69, 9.17) is 0 Å². The third-order valence-electron chi connectivity index (χ3n) is 2.80. The molecule has 0 bridgehead atoms. The van der Waals surface area contributed by atoms with Crippen molar-refractivity contribution in [2.45, 2.75) is 27.7 Å². The summed E-state index contributed by atoms with van der Waals surface area (Å²) in [6.45, 7) is 7.50. The van der Waals surface area contributed by atoms with Gasteiger partial charge in [-0.05, 0) is 27.7 Å². The van der Waals surface area contributed by atoms with Crippen LogP contribution < -0.4 is 0 Å². The largest absolute Gasteiger partial charge is 0.258 e. The minimum Gasteiger partial charge on any atom is -0.258 e. The molecule has 0 atom stereocenters. The minimum atomic E-state index is 0.719. The number of hydrogen-bond donors (Lipinski definition) is 0. The molecule has 2 rings (SSSR count). The Morgan fingerprint density at radius 2 is 1.05 bits per heavy atom. The predicted molar refractivity (Wildman–Crippen MR) is 78.0 cm³/mol. The first kappa shape index (κ1) is 13.9. The van der Waals surface area contributed by atoms with E-state index in [1.54, 1.807) is 24.8 Å². The molecule has 0 N–H and O–H groups in total. The highest BCUT2D eigenvalue weighted by atomic mass is 15.2. The van der Waals surface area contributed by atoms with Gasteiger partial charge in [-0.2, -0.15) is 10.2 Å². The third kappa shape index (κ3) is 3.09. The van der Waals surface area contributed by atoms with Crippen molar-refractivity contribution in [2.75, 3.05) is 0 Å². The maximum atomic E-state index is 4.26. The Kier molecular flexibility index (Phi) is 4.24. The van der Waals surface area contributed by atoms with Crippen molar-refractivity contribution in [3.05, 3.63) is 47.6 Å². The van der Waals surface area contributed by atoms with Crippen molar-refractivity contribution in [1.82, 2.24) is 19.9 Å². The fraction of sp³-hybridized carbons (Fsp3) is 0.286. The van der Waals surface area contributed by atoms with E-state index in [-0.39, 0.29) is 0 Å². The van der Waals surface area contributed by atoms with Gasteiger partial charge in [0.25, 0.3) is 0 Å². The number of aryl methyl sites for hydroxylation is 2. The monoisotopic (exact) mass is 268 g/mol. The standard InChI is InChI=1S/C14H16N6/c1-9-13(17-7-5-15-9)11(3)19-20-12(4)14-10(2)16-6-8-18-14/h5-8H,1-4H3. The van der Waals surface area contributed by atoms with Crippen molar-refractivity contribution in [2.24, 2.45) is 10.2 Å². The molecule has 0 amide bonds. The summed E-state index contributed by atoms with van der Waals surface area (Å²) in [6, 6.07) is 0. The number of nitrogens with zero attached hydrogens (tertiary/aromatic N) is 6. The molecular weight excluding hydrogens is 252 g/mol. The second-order valence-electron chi connectivity index (χ2n) is 4.35. The van der Waals surface area contributed by atoms with Crippen LogP contribution in [0.25, 0.3) is 0 Å². The molecule has 0 spiro atoms. The topological polar surface area (TPSA) is 76.3 Å². The van der Waals surface area contributed by atoms with Gasteiger partial charge < -0.3 is 0 Å². The number of aromatic nitrogens is 4. The second kappa shape index (κ2) is 6.10. The average Bonchev–Trinajstić information content (AvgIpc) is 2.45. The smallest absolute Gasteiger partial charge is 0.107 e. The Morgan fingerprint density at radius 1 is 0.700 bits per heavy atom. The normalized spacial score (nSPS) is 12.6. The Labute approximate surface area is 117 Å². The SMILES string of the molecule is CC(=NN=C(C)c1nccnc1C)c1nccnc1C. The highest BCUT2D eigenvalue weighted by molar-refractivity contribution is 6.00. The summed E-state index contributed by atoms with van der Waals surface area (Å²) in [6.07, 6.45) is 6.60. The molecular formula is C14H16N6. The van der Waals surface area contributed by atoms with Gasteiger partial charge in [0.15, 0.2) is 0 Å². The molecule has 0 aromatic carbocycles. The van der Waals surface area contributed by atoms with Gasteiger partial charge in [-0.1, -0.05) is 0 Å². The molecule has 0 aliphatic carbocycles. The summed E-state index contributed by atoms with van der Waals surface area (Å²) in [4.78, 5) is 16.9. The summed E-state index contributed by atoms with van der Waals surface area (Å²) in [5.41, 5.74) is 4.60. The molecule has 0 unspecified atom stereocenters. The maximum absolute atomic E-state index is 4.26. The van der Waals surface area contributed by atoms with Crippen molar-refractivity contribution < 1.29 is 0 Å². The first-order chi connectivity index (χ1) is 9.59. The van der Waals surface area contributed by atoms with Crippen LogP contribution in [0.3, 0.4) is 0 Å². The Balaban J connectivity index is 2.30. The lowest BCUT2D eigenvalue weighted by atomic mass is 10.2. The molecule has 6 nitrogen and oxygen atoms in total. The van der Waals surface area contributed by atoms with E-state index in [0.29, 0.717) is 0 Å². The van der Waals surface area contributed by atoms with E-state index in [1.165, 1.54) is 0 Å². The van der Waals surface area contributed by atoms with Gasteiger partial charge in [0.2, 0.25) is 0 Å². The van der Waals surface area contributed by atoms with Gasteiger partial charge >= 0.3 is 0 Å². The molecule has 2 heterocycles. The number of hydrogen-bond acceptors (Lipinski definition) is 6. The van der Waals surface area contributed by atoms with Gasteiger partial charge in [0.1, 0.15) is 11.4 Å². The van der Waals surface area contributed by atoms with Crippen molar-refractivity contribution >= 4 is 11.4 Å². The predicted octanol–water partition coefficient (Wildman–Crippen LogP) is 2.12. The highest BCUT2D eigenvalue weighted by Gasteiger charge is 2.06. The Bertz CT molecular complexity index is 615. The molecule has 0 saturated carbocycles. The van der Waals surface area contributed by atoms with Crippen LogP contribution in [-0.4, -0.2) is 31.4 Å². The van der Waals surface area contributed by atoms with E-state index in [9.17, 15) is 0 Å². The lowest BCUT2D eigenvalue weighted by molar-refractivity contribution is 1.07. The molecule has 0 radical (unpaired) electrons. The molecule has 2 aromatic heterocycles. The molecule has 20 heavy (non-hydrogen) atoms. The summed E-state index contributed by atoms with van der Waals surface area (Å²) in [5.74, 6) is 0. The molecule has 0 aliphatic heterocycles. The molecule has 0 aliphatic rings. The van der Waals surface area contributed by atoms with Gasteiger partial charge in [0, 0.05) is 24.8 Å². The van der Waals surface area contributed by atoms with Crippen molar-refractivity contribution in [1.29, 1.82) is 0 Å². The van der Waals surface area contributed by atoms with Crippen LogP contribution in [0.4, 0.5) is 0 Å². The van der Waals surface area contributed by atoms with Crippen LogP contribution >= 0.6 is 0 Å². The van der Waals surface area contributed by atoms with E-state index < -0.39 is 0 Å². The molecule has 102 valence electrons. The lowest BCUT2D eigenvalue weighted by Gasteiger charge is -2.02. The summed E-state index contributed by atoms with van der Waals surface area (Å²) in [7, 11) is 0. The van der Waals surface area contributed by atoms with Crippen LogP contribution in [0.5, 0.6) is 0 Å². The average molecular weight is 268 g/mol. The Hall–Kier alpha value is -2.50. The summed E-state index contributed by atoms with van der Waals surface area (Å²) < 4.78 is 0. The van der Waals surface area contributed by atoms with Gasteiger partial charge in [-0.3, -0.25) is 19.9 Å². The summed E-state index contributed by atoms with van der Waals surface area (Å²) >= 11 is 0. The number of rotatable bonds is 3. The van der Waals surface area contributed by atoms with Gasteiger partial charge in [0.05, 0.1) is 22.8 Å². The van der Waals surface area contributed by atoms with E-state index in [2.05, 4.69) is 30.1 Å². The van der Waals surface area contributed by atoms with Crippen LogP contribution in [0.2, 0.25) is 0 Å². The summed E-state index contributed by atoms with van der Waals surface area (Å²) in [5, 5.41) is 8.41. The van der Waals surface area contributed by atoms with E-state index in [0.717, 1.165) is 34.2 Å². The molecule has 0 saturated heterocycles. The molecule has 0 fully saturated rings. The van der Waals surface area contributed by atoms with Crippen LogP contribution in [-0.2, 0) is 0 Å². The van der Waals surface area contributed by atoms with Crippen LogP contribution in [0.15, 0.2) is 35.0 Å². The third-order valence-corrected chi connectivity index (χ3v) is 2.80. The fourth-order valence-corrected chi connectivity index (χ4v) is 1.77. The fourth-order valence-electron chi connectivity index (χ4n) is 1.77. The maximum Gasteiger partial charge on any atom is 0.107 e. The molecule has 6 heteroatoms. The molecule has 2 aromatic rings. The zero-order valence-corrected chi connectivity index (χ0v) is 12.0. The van der Waals surface area contributed by atoms with Crippen molar-refractivity contribution in [3.63, 3.8) is 0 Å². The zero-order valence-electron chi connectivity index (χ0n) is 12.0. The Morgan fingerprint density at radius 3 is 1.40 bits per heavy atom.